The van der Waals surface area contributed by atoms with Gasteiger partial charge in [0.1, 0.15) is 7.11 Å². The SMILES string of the molecule is CO/N=C/c1cc(Br)ccc1[N+](=O)[O-]. The standard InChI is InChI=1S/C8H7BrN2O3/c1-14-10-5-6-4-7(9)2-3-8(6)11(12)13/h2-5H,1H3/b10-5+. The smallest absolute Gasteiger partial charge is 0.278 e. The lowest BCUT2D eigenvalue weighted by Crippen LogP contribution is -1.94. The zero-order valence-electron chi connectivity index (χ0n) is 7.31. The van der Waals surface area contributed by atoms with E-state index in [1.807, 2.05) is 0 Å². The van der Waals surface area contributed by atoms with Gasteiger partial charge < -0.3 is 4.84 Å². The van der Waals surface area contributed by atoms with Crippen LogP contribution in [0.15, 0.2) is 27.8 Å². The van der Waals surface area contributed by atoms with Crippen LogP contribution in [0.3, 0.4) is 0 Å². The quantitative estimate of drug-likeness (QED) is 0.475. The first kappa shape index (κ1) is 10.6. The third kappa shape index (κ3) is 2.53. The molecule has 14 heavy (non-hydrogen) atoms. The van der Waals surface area contributed by atoms with E-state index in [2.05, 4.69) is 25.9 Å². The van der Waals surface area contributed by atoms with Gasteiger partial charge in [-0.05, 0) is 12.1 Å². The molecular formula is C8H7BrN2O3. The average Bonchev–Trinajstić information content (AvgIpc) is 2.14. The van der Waals surface area contributed by atoms with Crippen LogP contribution in [-0.4, -0.2) is 18.2 Å². The van der Waals surface area contributed by atoms with Gasteiger partial charge in [0.2, 0.25) is 0 Å². The Hall–Kier alpha value is -1.43. The Morgan fingerprint density at radius 2 is 2.36 bits per heavy atom. The first-order valence-electron chi connectivity index (χ1n) is 3.65. The van der Waals surface area contributed by atoms with Crippen molar-refractivity contribution in [1.29, 1.82) is 0 Å². The third-order valence-corrected chi connectivity index (χ3v) is 1.98. The van der Waals surface area contributed by atoms with Crippen molar-refractivity contribution in [1.82, 2.24) is 0 Å². The van der Waals surface area contributed by atoms with Gasteiger partial charge in [0.15, 0.2) is 0 Å². The lowest BCUT2D eigenvalue weighted by Gasteiger charge is -1.97. The Labute approximate surface area is 88.6 Å². The predicted molar refractivity (Wildman–Crippen MR) is 55.4 cm³/mol. The maximum absolute atomic E-state index is 10.6. The molecule has 0 saturated heterocycles. The normalized spacial score (nSPS) is 10.4. The van der Waals surface area contributed by atoms with Gasteiger partial charge in [0.05, 0.1) is 16.7 Å². The lowest BCUT2D eigenvalue weighted by atomic mass is 10.2. The van der Waals surface area contributed by atoms with Crippen molar-refractivity contribution in [3.8, 4) is 0 Å². The largest absolute Gasteiger partial charge is 0.399 e. The highest BCUT2D eigenvalue weighted by Gasteiger charge is 2.11. The molecule has 5 nitrogen and oxygen atoms in total. The Bertz CT molecular complexity index is 379. The molecule has 0 radical (unpaired) electrons. The van der Waals surface area contributed by atoms with Gasteiger partial charge in [0, 0.05) is 10.5 Å². The lowest BCUT2D eigenvalue weighted by molar-refractivity contribution is -0.385. The second-order valence-corrected chi connectivity index (χ2v) is 3.29. The fourth-order valence-corrected chi connectivity index (χ4v) is 1.28. The minimum absolute atomic E-state index is 0.00556. The van der Waals surface area contributed by atoms with Crippen molar-refractivity contribution < 1.29 is 9.76 Å². The highest BCUT2D eigenvalue weighted by atomic mass is 79.9. The van der Waals surface area contributed by atoms with Gasteiger partial charge >= 0.3 is 0 Å². The third-order valence-electron chi connectivity index (χ3n) is 1.48. The van der Waals surface area contributed by atoms with E-state index in [0.29, 0.717) is 5.56 Å². The summed E-state index contributed by atoms with van der Waals surface area (Å²) in [6.07, 6.45) is 1.29. The van der Waals surface area contributed by atoms with E-state index in [9.17, 15) is 10.1 Å². The van der Waals surface area contributed by atoms with E-state index in [4.69, 9.17) is 0 Å². The van der Waals surface area contributed by atoms with Crippen LogP contribution < -0.4 is 0 Å². The summed E-state index contributed by atoms with van der Waals surface area (Å²) in [5.41, 5.74) is 0.389. The summed E-state index contributed by atoms with van der Waals surface area (Å²) in [6, 6.07) is 4.60. The topological polar surface area (TPSA) is 64.7 Å². The first-order valence-corrected chi connectivity index (χ1v) is 4.45. The molecule has 0 aromatic heterocycles. The molecule has 0 unspecified atom stereocenters. The van der Waals surface area contributed by atoms with Gasteiger partial charge in [0.25, 0.3) is 5.69 Å². The monoisotopic (exact) mass is 258 g/mol. The molecule has 0 fully saturated rings. The Morgan fingerprint density at radius 3 is 2.93 bits per heavy atom. The fourth-order valence-electron chi connectivity index (χ4n) is 0.905. The molecule has 0 aliphatic heterocycles. The predicted octanol–water partition coefficient (Wildman–Crippen LogP) is 2.34. The molecule has 6 heteroatoms. The fraction of sp³-hybridized carbons (Fsp3) is 0.125. The minimum Gasteiger partial charge on any atom is -0.399 e. The molecule has 0 amide bonds. The maximum atomic E-state index is 10.6. The van der Waals surface area contributed by atoms with E-state index >= 15 is 0 Å². The molecule has 1 rings (SSSR count). The van der Waals surface area contributed by atoms with Gasteiger partial charge in [-0.25, -0.2) is 0 Å². The Kier molecular flexibility index (Phi) is 3.58. The Balaban J connectivity index is 3.15. The van der Waals surface area contributed by atoms with Crippen LogP contribution in [0.5, 0.6) is 0 Å². The number of oxime groups is 1. The van der Waals surface area contributed by atoms with Crippen LogP contribution in [0.1, 0.15) is 5.56 Å². The van der Waals surface area contributed by atoms with Gasteiger partial charge in [-0.1, -0.05) is 21.1 Å². The molecule has 0 N–H and O–H groups in total. The molecule has 1 aromatic rings. The Morgan fingerprint density at radius 1 is 1.64 bits per heavy atom. The number of nitro groups is 1. The molecule has 0 heterocycles. The zero-order chi connectivity index (χ0) is 10.6. The molecule has 74 valence electrons. The van der Waals surface area contributed by atoms with Crippen molar-refractivity contribution in [2.24, 2.45) is 5.16 Å². The molecule has 0 saturated carbocycles. The van der Waals surface area contributed by atoms with Gasteiger partial charge in [-0.2, -0.15) is 0 Å². The summed E-state index contributed by atoms with van der Waals surface area (Å²) < 4.78 is 0.751. The minimum atomic E-state index is -0.469. The number of hydrogen-bond acceptors (Lipinski definition) is 4. The molecule has 1 aromatic carbocycles. The summed E-state index contributed by atoms with van der Waals surface area (Å²) in [5, 5.41) is 14.1. The van der Waals surface area contributed by atoms with Crippen LogP contribution in [-0.2, 0) is 4.84 Å². The van der Waals surface area contributed by atoms with Crippen molar-refractivity contribution in [2.45, 2.75) is 0 Å². The van der Waals surface area contributed by atoms with E-state index in [0.717, 1.165) is 4.47 Å². The van der Waals surface area contributed by atoms with Gasteiger partial charge in [-0.3, -0.25) is 10.1 Å². The number of benzene rings is 1. The molecule has 0 spiro atoms. The van der Waals surface area contributed by atoms with E-state index in [-0.39, 0.29) is 5.69 Å². The van der Waals surface area contributed by atoms with Crippen molar-refractivity contribution in [3.05, 3.63) is 38.3 Å². The molecular weight excluding hydrogens is 252 g/mol. The van der Waals surface area contributed by atoms with Crippen LogP contribution >= 0.6 is 15.9 Å². The van der Waals surface area contributed by atoms with Gasteiger partial charge in [-0.15, -0.1) is 0 Å². The summed E-state index contributed by atoms with van der Waals surface area (Å²) in [5.74, 6) is 0. The molecule has 0 aliphatic rings. The van der Waals surface area contributed by atoms with Crippen molar-refractivity contribution >= 4 is 27.8 Å². The van der Waals surface area contributed by atoms with Crippen molar-refractivity contribution in [2.75, 3.05) is 7.11 Å². The number of halogens is 1. The summed E-state index contributed by atoms with van der Waals surface area (Å²) in [4.78, 5) is 14.6. The van der Waals surface area contributed by atoms with E-state index < -0.39 is 4.92 Å². The first-order chi connectivity index (χ1) is 6.65. The summed E-state index contributed by atoms with van der Waals surface area (Å²) >= 11 is 3.21. The molecule has 0 atom stereocenters. The number of hydrogen-bond donors (Lipinski definition) is 0. The molecule has 0 bridgehead atoms. The highest BCUT2D eigenvalue weighted by Crippen LogP contribution is 2.21. The van der Waals surface area contributed by atoms with Crippen LogP contribution in [0.2, 0.25) is 0 Å². The van der Waals surface area contributed by atoms with E-state index in [1.165, 1.54) is 19.4 Å². The highest BCUT2D eigenvalue weighted by molar-refractivity contribution is 9.10. The number of rotatable bonds is 3. The molecule has 0 aliphatic carbocycles. The average molecular weight is 259 g/mol. The van der Waals surface area contributed by atoms with Crippen LogP contribution in [0, 0.1) is 10.1 Å². The number of nitro benzene ring substituents is 1. The van der Waals surface area contributed by atoms with Crippen molar-refractivity contribution in [3.63, 3.8) is 0 Å². The second-order valence-electron chi connectivity index (χ2n) is 2.38. The second kappa shape index (κ2) is 4.71. The van der Waals surface area contributed by atoms with E-state index in [1.54, 1.807) is 12.1 Å². The van der Waals surface area contributed by atoms with Crippen LogP contribution in [0.25, 0.3) is 0 Å². The van der Waals surface area contributed by atoms with Crippen LogP contribution in [0.4, 0.5) is 5.69 Å². The summed E-state index contributed by atoms with van der Waals surface area (Å²) in [7, 11) is 1.38. The maximum Gasteiger partial charge on any atom is 0.278 e. The summed E-state index contributed by atoms with van der Waals surface area (Å²) in [6.45, 7) is 0. The number of nitrogens with zero attached hydrogens (tertiary/aromatic N) is 2. The zero-order valence-corrected chi connectivity index (χ0v) is 8.89.